The molecule has 8 nitrogen and oxygen atoms in total. The average Bonchev–Trinajstić information content (AvgIpc) is 2.78. The number of methoxy groups -OCH3 is 2. The molecule has 1 aromatic carbocycles. The molecule has 2 heterocycles. The van der Waals surface area contributed by atoms with E-state index in [0.717, 1.165) is 5.69 Å². The summed E-state index contributed by atoms with van der Waals surface area (Å²) in [6.07, 6.45) is 3.07. The molecule has 2 amide bonds. The fraction of sp³-hybridized carbons (Fsp3) is 0.143. The van der Waals surface area contributed by atoms with Gasteiger partial charge in [0.2, 0.25) is 0 Å². The van der Waals surface area contributed by atoms with E-state index in [0.29, 0.717) is 22.7 Å². The van der Waals surface area contributed by atoms with E-state index in [1.165, 1.54) is 32.5 Å². The number of benzene rings is 1. The van der Waals surface area contributed by atoms with Crippen molar-refractivity contribution in [3.8, 4) is 11.5 Å². The van der Waals surface area contributed by atoms with Gasteiger partial charge in [0.25, 0.3) is 11.8 Å². The Kier molecular flexibility index (Phi) is 6.36. The van der Waals surface area contributed by atoms with E-state index < -0.39 is 5.91 Å². The molecule has 0 spiro atoms. The Morgan fingerprint density at radius 2 is 1.72 bits per heavy atom. The summed E-state index contributed by atoms with van der Waals surface area (Å²) in [6, 6.07) is 13.5. The van der Waals surface area contributed by atoms with Gasteiger partial charge in [0, 0.05) is 29.7 Å². The highest BCUT2D eigenvalue weighted by atomic mass is 16.5. The number of anilines is 1. The normalized spacial score (nSPS) is 10.1. The summed E-state index contributed by atoms with van der Waals surface area (Å²) in [5.41, 5.74) is 1.70. The van der Waals surface area contributed by atoms with E-state index in [-0.39, 0.29) is 18.1 Å². The second-order valence-electron chi connectivity index (χ2n) is 5.96. The lowest BCUT2D eigenvalue weighted by Crippen LogP contribution is -2.24. The molecule has 0 unspecified atom stereocenters. The van der Waals surface area contributed by atoms with Crippen LogP contribution in [-0.4, -0.2) is 36.0 Å². The Bertz CT molecular complexity index is 1010. The van der Waals surface area contributed by atoms with Crippen LogP contribution in [0.2, 0.25) is 0 Å². The summed E-state index contributed by atoms with van der Waals surface area (Å²) in [5.74, 6) is 0.283. The molecule has 148 valence electrons. The molecule has 3 aromatic rings. The first-order chi connectivity index (χ1) is 14.1. The van der Waals surface area contributed by atoms with Crippen molar-refractivity contribution < 1.29 is 19.1 Å². The molecule has 0 saturated heterocycles. The van der Waals surface area contributed by atoms with E-state index >= 15 is 0 Å². The van der Waals surface area contributed by atoms with Crippen molar-refractivity contribution in [1.29, 1.82) is 0 Å². The van der Waals surface area contributed by atoms with Crippen molar-refractivity contribution in [3.05, 3.63) is 77.9 Å². The molecule has 0 atom stereocenters. The Morgan fingerprint density at radius 1 is 0.897 bits per heavy atom. The van der Waals surface area contributed by atoms with Gasteiger partial charge < -0.3 is 20.1 Å². The van der Waals surface area contributed by atoms with Crippen molar-refractivity contribution in [2.24, 2.45) is 0 Å². The van der Waals surface area contributed by atoms with E-state index in [1.807, 2.05) is 6.07 Å². The lowest BCUT2D eigenvalue weighted by molar-refractivity contribution is 0.0945. The number of ether oxygens (including phenoxy) is 2. The van der Waals surface area contributed by atoms with Crippen LogP contribution in [0.4, 0.5) is 5.69 Å². The number of hydrogen-bond donors (Lipinski definition) is 2. The molecule has 0 aliphatic heterocycles. The van der Waals surface area contributed by atoms with Crippen molar-refractivity contribution in [2.45, 2.75) is 6.54 Å². The fourth-order valence-electron chi connectivity index (χ4n) is 2.58. The molecule has 0 aliphatic rings. The monoisotopic (exact) mass is 392 g/mol. The number of carbonyl (C=O) groups is 2. The predicted octanol–water partition coefficient (Wildman–Crippen LogP) is 2.68. The van der Waals surface area contributed by atoms with Gasteiger partial charge in [-0.3, -0.25) is 19.6 Å². The summed E-state index contributed by atoms with van der Waals surface area (Å²) >= 11 is 0. The molecule has 0 fully saturated rings. The van der Waals surface area contributed by atoms with Crippen molar-refractivity contribution in [1.82, 2.24) is 15.3 Å². The minimum Gasteiger partial charge on any atom is -0.493 e. The largest absolute Gasteiger partial charge is 0.493 e. The number of nitrogens with zero attached hydrogens (tertiary/aromatic N) is 2. The number of pyridine rings is 2. The van der Waals surface area contributed by atoms with Gasteiger partial charge in [-0.05, 0) is 36.4 Å². The zero-order chi connectivity index (χ0) is 20.6. The highest BCUT2D eigenvalue weighted by Gasteiger charge is 2.13. The maximum absolute atomic E-state index is 12.6. The number of hydrogen-bond acceptors (Lipinski definition) is 6. The fourth-order valence-corrected chi connectivity index (χ4v) is 2.58. The van der Waals surface area contributed by atoms with Gasteiger partial charge in [0.1, 0.15) is 5.69 Å². The third kappa shape index (κ3) is 5.07. The molecule has 0 radical (unpaired) electrons. The number of amides is 2. The average molecular weight is 392 g/mol. The van der Waals surface area contributed by atoms with Crippen LogP contribution in [0.1, 0.15) is 26.5 Å². The molecular weight excluding hydrogens is 372 g/mol. The Labute approximate surface area is 167 Å². The van der Waals surface area contributed by atoms with Crippen LogP contribution in [-0.2, 0) is 6.54 Å². The quantitative estimate of drug-likeness (QED) is 0.641. The lowest BCUT2D eigenvalue weighted by atomic mass is 10.2. The van der Waals surface area contributed by atoms with Gasteiger partial charge in [0.05, 0.1) is 26.5 Å². The summed E-state index contributed by atoms with van der Waals surface area (Å²) < 4.78 is 10.4. The first-order valence-electron chi connectivity index (χ1n) is 8.78. The van der Waals surface area contributed by atoms with E-state index in [2.05, 4.69) is 20.6 Å². The van der Waals surface area contributed by atoms with Crippen LogP contribution in [0.15, 0.2) is 60.9 Å². The molecular formula is C21H20N4O4. The Hall–Kier alpha value is -3.94. The third-order valence-electron chi connectivity index (χ3n) is 4.05. The van der Waals surface area contributed by atoms with E-state index in [9.17, 15) is 9.59 Å². The number of carbonyl (C=O) groups excluding carboxylic acids is 2. The number of aromatic nitrogens is 2. The predicted molar refractivity (Wildman–Crippen MR) is 107 cm³/mol. The van der Waals surface area contributed by atoms with Gasteiger partial charge >= 0.3 is 0 Å². The third-order valence-corrected chi connectivity index (χ3v) is 4.05. The summed E-state index contributed by atoms with van der Waals surface area (Å²) in [7, 11) is 3.05. The molecule has 8 heteroatoms. The number of rotatable bonds is 7. The molecule has 29 heavy (non-hydrogen) atoms. The standard InChI is InChI=1S/C21H20N4O4/c1-28-18-7-6-15(12-19(18)29-2)25-20(26)14-8-10-23-17(11-14)21(27)24-13-16-5-3-4-9-22-16/h3-12H,13H2,1-2H3,(H,24,27)(H,25,26). The van der Waals surface area contributed by atoms with Crippen molar-refractivity contribution >= 4 is 17.5 Å². The van der Waals surface area contributed by atoms with E-state index in [4.69, 9.17) is 9.47 Å². The first-order valence-corrected chi connectivity index (χ1v) is 8.78. The second-order valence-corrected chi connectivity index (χ2v) is 5.96. The van der Waals surface area contributed by atoms with Gasteiger partial charge in [-0.25, -0.2) is 0 Å². The lowest BCUT2D eigenvalue weighted by Gasteiger charge is -2.11. The van der Waals surface area contributed by atoms with Gasteiger partial charge in [-0.2, -0.15) is 0 Å². The summed E-state index contributed by atoms with van der Waals surface area (Å²) in [4.78, 5) is 33.1. The Balaban J connectivity index is 1.68. The van der Waals surface area contributed by atoms with Crippen LogP contribution in [0, 0.1) is 0 Å². The molecule has 0 saturated carbocycles. The second kappa shape index (κ2) is 9.32. The van der Waals surface area contributed by atoms with Gasteiger partial charge in [-0.1, -0.05) is 6.07 Å². The van der Waals surface area contributed by atoms with Crippen LogP contribution in [0.3, 0.4) is 0 Å². The van der Waals surface area contributed by atoms with E-state index in [1.54, 1.807) is 36.5 Å². The summed E-state index contributed by atoms with van der Waals surface area (Å²) in [6.45, 7) is 0.267. The maximum Gasteiger partial charge on any atom is 0.270 e. The molecule has 2 N–H and O–H groups in total. The minimum atomic E-state index is -0.392. The van der Waals surface area contributed by atoms with Gasteiger partial charge in [-0.15, -0.1) is 0 Å². The Morgan fingerprint density at radius 3 is 2.45 bits per heavy atom. The van der Waals surface area contributed by atoms with Crippen LogP contribution in [0.5, 0.6) is 11.5 Å². The van der Waals surface area contributed by atoms with Crippen LogP contribution < -0.4 is 20.1 Å². The van der Waals surface area contributed by atoms with Crippen LogP contribution >= 0.6 is 0 Å². The smallest absolute Gasteiger partial charge is 0.270 e. The van der Waals surface area contributed by atoms with Crippen molar-refractivity contribution in [3.63, 3.8) is 0 Å². The number of nitrogens with one attached hydrogen (secondary N) is 2. The van der Waals surface area contributed by atoms with Crippen LogP contribution in [0.25, 0.3) is 0 Å². The molecule has 3 rings (SSSR count). The molecule has 2 aromatic heterocycles. The van der Waals surface area contributed by atoms with Crippen molar-refractivity contribution in [2.75, 3.05) is 19.5 Å². The topological polar surface area (TPSA) is 102 Å². The van der Waals surface area contributed by atoms with Gasteiger partial charge in [0.15, 0.2) is 11.5 Å². The zero-order valence-corrected chi connectivity index (χ0v) is 16.0. The maximum atomic E-state index is 12.6. The minimum absolute atomic E-state index is 0.140. The molecule has 0 aliphatic carbocycles. The zero-order valence-electron chi connectivity index (χ0n) is 16.0. The highest BCUT2D eigenvalue weighted by molar-refractivity contribution is 6.05. The highest BCUT2D eigenvalue weighted by Crippen LogP contribution is 2.29. The first kappa shape index (κ1) is 19.8. The SMILES string of the molecule is COc1ccc(NC(=O)c2ccnc(C(=O)NCc3ccccn3)c2)cc1OC. The molecule has 0 bridgehead atoms. The summed E-state index contributed by atoms with van der Waals surface area (Å²) in [5, 5.41) is 5.50.